The molecule has 0 saturated heterocycles. The molecule has 1 nitrogen and oxygen atoms in total. The molecule has 0 aliphatic heterocycles. The van der Waals surface area contributed by atoms with Gasteiger partial charge in [0.15, 0.2) is 0 Å². The van der Waals surface area contributed by atoms with Crippen LogP contribution in [0.5, 0.6) is 0 Å². The smallest absolute Gasteiger partial charge is 0.00924 e. The second-order valence-corrected chi connectivity index (χ2v) is 4.79. The summed E-state index contributed by atoms with van der Waals surface area (Å²) in [7, 11) is 2.11. The molecular weight excluding hydrogens is 170 g/mol. The first-order valence-electron chi connectivity index (χ1n) is 6.05. The highest BCUT2D eigenvalue weighted by Gasteiger charge is 2.21. The maximum absolute atomic E-state index is 3.99. The van der Waals surface area contributed by atoms with Gasteiger partial charge in [-0.2, -0.15) is 0 Å². The van der Waals surface area contributed by atoms with Crippen molar-refractivity contribution in [2.45, 2.75) is 57.9 Å². The van der Waals surface area contributed by atoms with Crippen LogP contribution in [0.3, 0.4) is 0 Å². The molecule has 0 aromatic rings. The van der Waals surface area contributed by atoms with Gasteiger partial charge in [-0.25, -0.2) is 0 Å². The van der Waals surface area contributed by atoms with Crippen molar-refractivity contribution in [1.29, 1.82) is 0 Å². The minimum Gasteiger partial charge on any atom is -0.317 e. The topological polar surface area (TPSA) is 12.0 Å². The van der Waals surface area contributed by atoms with Crippen molar-refractivity contribution >= 4 is 0 Å². The van der Waals surface area contributed by atoms with Gasteiger partial charge < -0.3 is 5.32 Å². The Morgan fingerprint density at radius 3 is 2.64 bits per heavy atom. The third kappa shape index (κ3) is 3.83. The summed E-state index contributed by atoms with van der Waals surface area (Å²) in [5.74, 6) is 0.888. The lowest BCUT2D eigenvalue weighted by Crippen LogP contribution is -2.32. The third-order valence-corrected chi connectivity index (χ3v) is 3.47. The average molecular weight is 195 g/mol. The summed E-state index contributed by atoms with van der Waals surface area (Å²) < 4.78 is 0. The van der Waals surface area contributed by atoms with Crippen LogP contribution in [0.2, 0.25) is 0 Å². The fourth-order valence-electron chi connectivity index (χ4n) is 2.54. The number of rotatable bonds is 4. The van der Waals surface area contributed by atoms with Gasteiger partial charge in [0.2, 0.25) is 0 Å². The molecule has 0 heterocycles. The van der Waals surface area contributed by atoms with Gasteiger partial charge in [-0.05, 0) is 45.6 Å². The molecule has 0 amide bonds. The lowest BCUT2D eigenvalue weighted by molar-refractivity contribution is 0.332. The van der Waals surface area contributed by atoms with E-state index in [1.807, 2.05) is 0 Å². The van der Waals surface area contributed by atoms with Gasteiger partial charge in [-0.15, -0.1) is 6.58 Å². The van der Waals surface area contributed by atoms with E-state index in [1.165, 1.54) is 50.5 Å². The van der Waals surface area contributed by atoms with E-state index in [1.54, 1.807) is 0 Å². The summed E-state index contributed by atoms with van der Waals surface area (Å²) >= 11 is 0. The van der Waals surface area contributed by atoms with E-state index in [-0.39, 0.29) is 0 Å². The summed E-state index contributed by atoms with van der Waals surface area (Å²) in [4.78, 5) is 0. The minimum absolute atomic E-state index is 0.761. The highest BCUT2D eigenvalue weighted by Crippen LogP contribution is 2.27. The van der Waals surface area contributed by atoms with Crippen molar-refractivity contribution in [2.24, 2.45) is 5.92 Å². The maximum atomic E-state index is 3.99. The number of hydrogen-bond acceptors (Lipinski definition) is 1. The first kappa shape index (κ1) is 11.8. The standard InChI is InChI=1S/C13H25N/c1-11(2)9-10-12-7-5-4-6-8-13(12)14-3/h12-14H,1,4-10H2,2-3H3. The Morgan fingerprint density at radius 2 is 2.00 bits per heavy atom. The Kier molecular flexibility index (Phi) is 5.24. The first-order valence-corrected chi connectivity index (χ1v) is 6.05. The van der Waals surface area contributed by atoms with Crippen molar-refractivity contribution in [3.63, 3.8) is 0 Å². The van der Waals surface area contributed by atoms with Crippen LogP contribution in [-0.4, -0.2) is 13.1 Å². The molecule has 1 heteroatoms. The molecule has 2 unspecified atom stereocenters. The molecule has 1 N–H and O–H groups in total. The van der Waals surface area contributed by atoms with Gasteiger partial charge in [0.25, 0.3) is 0 Å². The number of hydrogen-bond donors (Lipinski definition) is 1. The van der Waals surface area contributed by atoms with Gasteiger partial charge in [-0.1, -0.05) is 24.8 Å². The fourth-order valence-corrected chi connectivity index (χ4v) is 2.54. The van der Waals surface area contributed by atoms with Gasteiger partial charge in [-0.3, -0.25) is 0 Å². The second-order valence-electron chi connectivity index (χ2n) is 4.79. The molecule has 1 aliphatic carbocycles. The monoisotopic (exact) mass is 195 g/mol. The van der Waals surface area contributed by atoms with Crippen LogP contribution in [0.4, 0.5) is 0 Å². The molecule has 82 valence electrons. The molecule has 0 aromatic heterocycles. The first-order chi connectivity index (χ1) is 6.74. The predicted octanol–water partition coefficient (Wildman–Crippen LogP) is 3.51. The second kappa shape index (κ2) is 6.23. The van der Waals surface area contributed by atoms with E-state index in [9.17, 15) is 0 Å². The van der Waals surface area contributed by atoms with Crippen LogP contribution < -0.4 is 5.32 Å². The van der Waals surface area contributed by atoms with Crippen molar-refractivity contribution in [3.8, 4) is 0 Å². The molecular formula is C13H25N. The highest BCUT2D eigenvalue weighted by atomic mass is 14.9. The third-order valence-electron chi connectivity index (χ3n) is 3.47. The Morgan fingerprint density at radius 1 is 1.29 bits per heavy atom. The summed E-state index contributed by atoms with van der Waals surface area (Å²) in [6.45, 7) is 6.14. The molecule has 0 bridgehead atoms. The fraction of sp³-hybridized carbons (Fsp3) is 0.846. The summed E-state index contributed by atoms with van der Waals surface area (Å²) in [5.41, 5.74) is 1.34. The number of allylic oxidation sites excluding steroid dienone is 1. The quantitative estimate of drug-likeness (QED) is 0.534. The molecule has 2 atom stereocenters. The Bertz CT molecular complexity index is 174. The van der Waals surface area contributed by atoms with Crippen molar-refractivity contribution in [2.75, 3.05) is 7.05 Å². The maximum Gasteiger partial charge on any atom is 0.00924 e. The van der Waals surface area contributed by atoms with Gasteiger partial charge >= 0.3 is 0 Å². The molecule has 1 rings (SSSR count). The molecule has 1 aliphatic rings. The van der Waals surface area contributed by atoms with E-state index >= 15 is 0 Å². The zero-order chi connectivity index (χ0) is 10.4. The summed E-state index contributed by atoms with van der Waals surface area (Å²) in [5, 5.41) is 3.49. The summed E-state index contributed by atoms with van der Waals surface area (Å²) in [6.07, 6.45) is 9.61. The molecule has 0 spiro atoms. The van der Waals surface area contributed by atoms with Gasteiger partial charge in [0.1, 0.15) is 0 Å². The molecule has 0 radical (unpaired) electrons. The SMILES string of the molecule is C=C(C)CCC1CCCCCC1NC. The summed E-state index contributed by atoms with van der Waals surface area (Å²) in [6, 6.07) is 0.761. The van der Waals surface area contributed by atoms with Crippen LogP contribution in [0.1, 0.15) is 51.9 Å². The van der Waals surface area contributed by atoms with Crippen LogP contribution >= 0.6 is 0 Å². The van der Waals surface area contributed by atoms with E-state index in [2.05, 4.69) is 25.9 Å². The predicted molar refractivity (Wildman–Crippen MR) is 63.5 cm³/mol. The molecule has 1 saturated carbocycles. The molecule has 1 fully saturated rings. The van der Waals surface area contributed by atoms with E-state index in [0.717, 1.165) is 12.0 Å². The zero-order valence-electron chi connectivity index (χ0n) is 9.81. The Hall–Kier alpha value is -0.300. The van der Waals surface area contributed by atoms with E-state index in [4.69, 9.17) is 0 Å². The largest absolute Gasteiger partial charge is 0.317 e. The van der Waals surface area contributed by atoms with Crippen molar-refractivity contribution < 1.29 is 0 Å². The molecule has 0 aromatic carbocycles. The number of nitrogens with one attached hydrogen (secondary N) is 1. The van der Waals surface area contributed by atoms with Crippen molar-refractivity contribution in [1.82, 2.24) is 5.32 Å². The van der Waals surface area contributed by atoms with E-state index < -0.39 is 0 Å². The lowest BCUT2D eigenvalue weighted by Gasteiger charge is -2.24. The van der Waals surface area contributed by atoms with Crippen LogP contribution in [0, 0.1) is 5.92 Å². The van der Waals surface area contributed by atoms with Gasteiger partial charge in [0.05, 0.1) is 0 Å². The highest BCUT2D eigenvalue weighted by molar-refractivity contribution is 4.90. The zero-order valence-corrected chi connectivity index (χ0v) is 9.81. The Labute approximate surface area is 89.0 Å². The van der Waals surface area contributed by atoms with Crippen LogP contribution in [-0.2, 0) is 0 Å². The lowest BCUT2D eigenvalue weighted by atomic mass is 9.89. The van der Waals surface area contributed by atoms with Crippen LogP contribution in [0.25, 0.3) is 0 Å². The normalized spacial score (nSPS) is 28.4. The van der Waals surface area contributed by atoms with Crippen molar-refractivity contribution in [3.05, 3.63) is 12.2 Å². The molecule has 14 heavy (non-hydrogen) atoms. The van der Waals surface area contributed by atoms with Gasteiger partial charge in [0, 0.05) is 6.04 Å². The minimum atomic E-state index is 0.761. The Balaban J connectivity index is 2.39. The van der Waals surface area contributed by atoms with E-state index in [0.29, 0.717) is 0 Å². The van der Waals surface area contributed by atoms with Crippen LogP contribution in [0.15, 0.2) is 12.2 Å². The average Bonchev–Trinajstić information content (AvgIpc) is 2.38.